The number of hydrogen-bond donors (Lipinski definition) is 1. The van der Waals surface area contributed by atoms with Crippen molar-refractivity contribution in [1.29, 1.82) is 0 Å². The van der Waals surface area contributed by atoms with Crippen LogP contribution in [0.4, 0.5) is 4.39 Å². The predicted molar refractivity (Wildman–Crippen MR) is 118 cm³/mol. The molecule has 0 spiro atoms. The van der Waals surface area contributed by atoms with Crippen molar-refractivity contribution in [2.24, 2.45) is 0 Å². The van der Waals surface area contributed by atoms with Gasteiger partial charge in [0.15, 0.2) is 0 Å². The fourth-order valence-corrected chi connectivity index (χ4v) is 4.24. The molecule has 0 unspecified atom stereocenters. The van der Waals surface area contributed by atoms with Crippen LogP contribution in [0.3, 0.4) is 0 Å². The Bertz CT molecular complexity index is 829. The van der Waals surface area contributed by atoms with E-state index < -0.39 is 11.9 Å². The van der Waals surface area contributed by atoms with Crippen molar-refractivity contribution in [3.05, 3.63) is 69.5 Å². The molecule has 29 heavy (non-hydrogen) atoms. The molecule has 0 saturated heterocycles. The highest BCUT2D eigenvalue weighted by atomic mass is 35.5. The maximum absolute atomic E-state index is 13.9. The van der Waals surface area contributed by atoms with Crippen molar-refractivity contribution < 1.29 is 14.0 Å². The average Bonchev–Trinajstić information content (AvgIpc) is 2.71. The molecular formula is C21H23Cl2FN2O2S. The summed E-state index contributed by atoms with van der Waals surface area (Å²) in [6, 6.07) is 11.0. The van der Waals surface area contributed by atoms with Gasteiger partial charge in [0.2, 0.25) is 11.8 Å². The van der Waals surface area contributed by atoms with Gasteiger partial charge in [0.1, 0.15) is 11.9 Å². The zero-order valence-corrected chi connectivity index (χ0v) is 18.6. The molecule has 2 aromatic carbocycles. The Balaban J connectivity index is 2.12. The van der Waals surface area contributed by atoms with E-state index in [1.54, 1.807) is 36.2 Å². The number of carbonyl (C=O) groups excluding carboxylic acids is 2. The number of likely N-dealkylation sites (N-methyl/N-ethyl adjacent to an activating group) is 1. The summed E-state index contributed by atoms with van der Waals surface area (Å²) in [6.07, 6.45) is 0.475. The monoisotopic (exact) mass is 456 g/mol. The van der Waals surface area contributed by atoms with Crippen LogP contribution in [0, 0.1) is 5.82 Å². The number of benzene rings is 2. The molecule has 2 amide bonds. The van der Waals surface area contributed by atoms with Crippen molar-refractivity contribution >= 4 is 46.8 Å². The van der Waals surface area contributed by atoms with Crippen molar-refractivity contribution in [3.8, 4) is 0 Å². The predicted octanol–water partition coefficient (Wildman–Crippen LogP) is 4.92. The second-order valence-electron chi connectivity index (χ2n) is 6.38. The van der Waals surface area contributed by atoms with E-state index in [1.807, 2.05) is 19.1 Å². The summed E-state index contributed by atoms with van der Waals surface area (Å²) in [7, 11) is 1.55. The van der Waals surface area contributed by atoms with Gasteiger partial charge in [0.05, 0.1) is 5.75 Å². The minimum atomic E-state index is -0.596. The number of hydrogen-bond acceptors (Lipinski definition) is 3. The van der Waals surface area contributed by atoms with Crippen molar-refractivity contribution in [1.82, 2.24) is 10.2 Å². The summed E-state index contributed by atoms with van der Waals surface area (Å²) in [5.74, 6) is -0.453. The molecule has 4 nitrogen and oxygen atoms in total. The highest BCUT2D eigenvalue weighted by Crippen LogP contribution is 2.24. The van der Waals surface area contributed by atoms with Crippen LogP contribution in [-0.2, 0) is 21.9 Å². The van der Waals surface area contributed by atoms with Gasteiger partial charge in [-0.25, -0.2) is 4.39 Å². The molecule has 1 atom stereocenters. The number of halogens is 3. The fraction of sp³-hybridized carbons (Fsp3) is 0.333. The lowest BCUT2D eigenvalue weighted by atomic mass is 10.1. The number of amides is 2. The van der Waals surface area contributed by atoms with Gasteiger partial charge in [0, 0.05) is 35.0 Å². The molecule has 0 aliphatic rings. The molecule has 2 rings (SSSR count). The molecule has 8 heteroatoms. The lowest BCUT2D eigenvalue weighted by Crippen LogP contribution is -2.48. The molecule has 0 heterocycles. The van der Waals surface area contributed by atoms with Gasteiger partial charge < -0.3 is 10.2 Å². The molecule has 0 aromatic heterocycles. The SMILES string of the molecule is CC[C@@H](C(=O)NC)N(Cc1ccc(Cl)cc1)C(=O)CSCc1c(F)cccc1Cl. The third-order valence-electron chi connectivity index (χ3n) is 4.43. The summed E-state index contributed by atoms with van der Waals surface area (Å²) in [6.45, 7) is 2.14. The van der Waals surface area contributed by atoms with E-state index in [0.29, 0.717) is 22.0 Å². The van der Waals surface area contributed by atoms with Crippen LogP contribution in [0.15, 0.2) is 42.5 Å². The lowest BCUT2D eigenvalue weighted by molar-refractivity contribution is -0.139. The van der Waals surface area contributed by atoms with Crippen LogP contribution in [0.5, 0.6) is 0 Å². The molecule has 0 saturated carbocycles. The Morgan fingerprint density at radius 2 is 1.86 bits per heavy atom. The normalized spacial score (nSPS) is 11.8. The summed E-state index contributed by atoms with van der Waals surface area (Å²) in [5.41, 5.74) is 1.24. The third-order valence-corrected chi connectivity index (χ3v) is 5.98. The van der Waals surface area contributed by atoms with E-state index in [9.17, 15) is 14.0 Å². The van der Waals surface area contributed by atoms with Crippen LogP contribution in [0.2, 0.25) is 10.0 Å². The highest BCUT2D eigenvalue weighted by Gasteiger charge is 2.27. The van der Waals surface area contributed by atoms with Gasteiger partial charge in [0.25, 0.3) is 0 Å². The number of carbonyl (C=O) groups is 2. The number of nitrogens with zero attached hydrogens (tertiary/aromatic N) is 1. The zero-order valence-electron chi connectivity index (χ0n) is 16.3. The van der Waals surface area contributed by atoms with Crippen LogP contribution < -0.4 is 5.32 Å². The van der Waals surface area contributed by atoms with Gasteiger partial charge in [-0.15, -0.1) is 11.8 Å². The van der Waals surface area contributed by atoms with E-state index in [1.165, 1.54) is 17.8 Å². The maximum atomic E-state index is 13.9. The third kappa shape index (κ3) is 6.63. The second kappa shape index (κ2) is 11.4. The first kappa shape index (κ1) is 23.5. The Kier molecular flexibility index (Phi) is 9.27. The molecule has 0 bridgehead atoms. The lowest BCUT2D eigenvalue weighted by Gasteiger charge is -2.30. The Morgan fingerprint density at radius 3 is 2.45 bits per heavy atom. The molecular weight excluding hydrogens is 434 g/mol. The maximum Gasteiger partial charge on any atom is 0.242 e. The number of nitrogens with one attached hydrogen (secondary N) is 1. The molecule has 0 radical (unpaired) electrons. The number of rotatable bonds is 9. The minimum absolute atomic E-state index is 0.103. The Morgan fingerprint density at radius 1 is 1.17 bits per heavy atom. The minimum Gasteiger partial charge on any atom is -0.357 e. The van der Waals surface area contributed by atoms with Gasteiger partial charge in [-0.05, 0) is 36.2 Å². The van der Waals surface area contributed by atoms with Gasteiger partial charge in [-0.3, -0.25) is 9.59 Å². The van der Waals surface area contributed by atoms with E-state index in [4.69, 9.17) is 23.2 Å². The summed E-state index contributed by atoms with van der Waals surface area (Å²) in [5, 5.41) is 3.55. The van der Waals surface area contributed by atoms with Crippen molar-refractivity contribution in [2.75, 3.05) is 12.8 Å². The van der Waals surface area contributed by atoms with Gasteiger partial charge >= 0.3 is 0 Å². The smallest absolute Gasteiger partial charge is 0.242 e. The summed E-state index contributed by atoms with van der Waals surface area (Å²) < 4.78 is 13.9. The van der Waals surface area contributed by atoms with Crippen molar-refractivity contribution in [2.45, 2.75) is 31.7 Å². The second-order valence-corrected chi connectivity index (χ2v) is 8.21. The Hall–Kier alpha value is -1.76. The highest BCUT2D eigenvalue weighted by molar-refractivity contribution is 7.99. The van der Waals surface area contributed by atoms with E-state index in [-0.39, 0.29) is 29.9 Å². The van der Waals surface area contributed by atoms with Gasteiger partial charge in [-0.2, -0.15) is 0 Å². The summed E-state index contributed by atoms with van der Waals surface area (Å²) in [4.78, 5) is 26.8. The molecule has 0 fully saturated rings. The molecule has 2 aromatic rings. The number of thioether (sulfide) groups is 1. The largest absolute Gasteiger partial charge is 0.357 e. The first-order chi connectivity index (χ1) is 13.9. The van der Waals surface area contributed by atoms with E-state index >= 15 is 0 Å². The van der Waals surface area contributed by atoms with Crippen LogP contribution >= 0.6 is 35.0 Å². The summed E-state index contributed by atoms with van der Waals surface area (Å²) >= 11 is 13.2. The zero-order chi connectivity index (χ0) is 21.4. The first-order valence-corrected chi connectivity index (χ1v) is 11.0. The Labute approximate surface area is 184 Å². The van der Waals surface area contributed by atoms with Crippen LogP contribution in [0.25, 0.3) is 0 Å². The molecule has 156 valence electrons. The first-order valence-electron chi connectivity index (χ1n) is 9.13. The topological polar surface area (TPSA) is 49.4 Å². The van der Waals surface area contributed by atoms with E-state index in [0.717, 1.165) is 5.56 Å². The quantitative estimate of drug-likeness (QED) is 0.582. The molecule has 0 aliphatic carbocycles. The molecule has 0 aliphatic heterocycles. The van der Waals surface area contributed by atoms with Gasteiger partial charge in [-0.1, -0.05) is 48.3 Å². The van der Waals surface area contributed by atoms with E-state index in [2.05, 4.69) is 5.32 Å². The standard InChI is InChI=1S/C21H23Cl2FN2O2S/c1-3-19(21(28)25-2)26(11-14-7-9-15(22)10-8-14)20(27)13-29-12-16-17(23)5-4-6-18(16)24/h4-10,19H,3,11-13H2,1-2H3,(H,25,28)/t19-/m0/s1. The van der Waals surface area contributed by atoms with Crippen LogP contribution in [-0.4, -0.2) is 35.6 Å². The van der Waals surface area contributed by atoms with Crippen molar-refractivity contribution in [3.63, 3.8) is 0 Å². The fourth-order valence-electron chi connectivity index (χ4n) is 2.87. The van der Waals surface area contributed by atoms with Crippen LogP contribution in [0.1, 0.15) is 24.5 Å². The average molecular weight is 457 g/mol. The molecule has 1 N–H and O–H groups in total.